The van der Waals surface area contributed by atoms with Gasteiger partial charge in [-0.15, -0.1) is 6.58 Å². The molecule has 2 aromatic carbocycles. The topological polar surface area (TPSA) is 53.0 Å². The molecule has 1 saturated heterocycles. The molecule has 2 aliphatic heterocycles. The molecule has 41 heavy (non-hydrogen) atoms. The van der Waals surface area contributed by atoms with Crippen LogP contribution in [0.25, 0.3) is 6.08 Å². The van der Waals surface area contributed by atoms with E-state index in [0.29, 0.717) is 31.5 Å². The Bertz CT molecular complexity index is 1370. The highest BCUT2D eigenvalue weighted by Crippen LogP contribution is 2.64. The second-order valence-corrected chi connectivity index (χ2v) is 12.4. The van der Waals surface area contributed by atoms with Crippen molar-refractivity contribution in [3.63, 3.8) is 0 Å². The van der Waals surface area contributed by atoms with Crippen molar-refractivity contribution >= 4 is 12.0 Å². The quantitative estimate of drug-likeness (QED) is 0.350. The van der Waals surface area contributed by atoms with Crippen molar-refractivity contribution < 1.29 is 27.8 Å². The molecule has 218 valence electrons. The Hall–Kier alpha value is -3.10. The number of nitrogens with zero attached hydrogens (tertiary/aromatic N) is 2. The molecule has 8 heteroatoms. The van der Waals surface area contributed by atoms with E-state index in [1.165, 1.54) is 23.8 Å². The molecule has 1 N–H and O–H groups in total. The molecule has 2 heterocycles. The standard InChI is InChI=1S/C33H37F3N2O3/c1-4-17-37-18-16-31-29-23-6-5-7-26(29)41-30(31)25(14-15-32(31,40)27(37)19-23)38(20-21(2)3)28(39)13-10-22-8-11-24(12-9-22)33(34,35)36/h4-13,21,25,27,30,40H,1,14-20H2,2-3H3/b13-10+/t25?,27-,30?,31+,32-/m1/s1. The SMILES string of the molecule is C=CCN1CC[C@]23c4c5cccc4OC2C(N(CC(C)C)C(=O)/C=C/c2ccc(C(F)(F)F)cc2)CC[C@@]3(O)[C@H]1C5. The number of alkyl halides is 3. The summed E-state index contributed by atoms with van der Waals surface area (Å²) < 4.78 is 45.7. The minimum atomic E-state index is -4.41. The molecule has 0 aromatic heterocycles. The lowest BCUT2D eigenvalue weighted by molar-refractivity contribution is -0.199. The van der Waals surface area contributed by atoms with Gasteiger partial charge in [-0.25, -0.2) is 0 Å². The number of ether oxygens (including phenoxy) is 1. The molecule has 2 aromatic rings. The molecule has 0 radical (unpaired) electrons. The number of hydrogen-bond acceptors (Lipinski definition) is 4. The normalized spacial score (nSPS) is 30.3. The Balaban J connectivity index is 1.35. The van der Waals surface area contributed by atoms with Crippen LogP contribution >= 0.6 is 0 Å². The van der Waals surface area contributed by atoms with Gasteiger partial charge in [-0.05, 0) is 73.5 Å². The Labute approximate surface area is 239 Å². The van der Waals surface area contributed by atoms with Crippen LogP contribution in [0, 0.1) is 5.92 Å². The zero-order valence-electron chi connectivity index (χ0n) is 23.5. The van der Waals surface area contributed by atoms with E-state index >= 15 is 0 Å². The highest BCUT2D eigenvalue weighted by atomic mass is 19.4. The number of benzene rings is 2. The van der Waals surface area contributed by atoms with Gasteiger partial charge in [0.25, 0.3) is 0 Å². The number of carbonyl (C=O) groups is 1. The van der Waals surface area contributed by atoms with E-state index in [9.17, 15) is 23.1 Å². The van der Waals surface area contributed by atoms with Crippen LogP contribution < -0.4 is 4.74 Å². The first-order valence-electron chi connectivity index (χ1n) is 14.5. The van der Waals surface area contributed by atoms with E-state index in [1.54, 1.807) is 6.08 Å². The smallest absolute Gasteiger partial charge is 0.416 e. The summed E-state index contributed by atoms with van der Waals surface area (Å²) in [6.07, 6.45) is 2.73. The summed E-state index contributed by atoms with van der Waals surface area (Å²) in [4.78, 5) is 18.0. The third kappa shape index (κ3) is 4.33. The molecular weight excluding hydrogens is 529 g/mol. The number of hydrogen-bond donors (Lipinski definition) is 1. The molecule has 2 bridgehead atoms. The molecule has 1 spiro atoms. The largest absolute Gasteiger partial charge is 0.487 e. The lowest BCUT2D eigenvalue weighted by Crippen LogP contribution is -2.78. The molecule has 4 aliphatic rings. The maximum Gasteiger partial charge on any atom is 0.416 e. The Morgan fingerprint density at radius 2 is 1.98 bits per heavy atom. The van der Waals surface area contributed by atoms with Crippen LogP contribution in [0.15, 0.2) is 61.2 Å². The summed E-state index contributed by atoms with van der Waals surface area (Å²) in [7, 11) is 0. The van der Waals surface area contributed by atoms with Crippen molar-refractivity contribution in [1.82, 2.24) is 9.80 Å². The summed E-state index contributed by atoms with van der Waals surface area (Å²) in [5.74, 6) is 0.789. The fourth-order valence-electron chi connectivity index (χ4n) is 8.11. The first-order chi connectivity index (χ1) is 19.5. The molecule has 2 unspecified atom stereocenters. The summed E-state index contributed by atoms with van der Waals surface area (Å²) in [6.45, 7) is 10.1. The van der Waals surface area contributed by atoms with Crippen molar-refractivity contribution in [2.45, 2.75) is 74.9 Å². The molecule has 2 fully saturated rings. The van der Waals surface area contributed by atoms with Gasteiger partial charge in [-0.3, -0.25) is 9.69 Å². The van der Waals surface area contributed by atoms with Crippen molar-refractivity contribution in [2.75, 3.05) is 19.6 Å². The Morgan fingerprint density at radius 1 is 1.22 bits per heavy atom. The second kappa shape index (κ2) is 10.0. The monoisotopic (exact) mass is 566 g/mol. The van der Waals surface area contributed by atoms with Gasteiger partial charge in [0.2, 0.25) is 5.91 Å². The van der Waals surface area contributed by atoms with Crippen molar-refractivity contribution in [3.05, 3.63) is 83.4 Å². The van der Waals surface area contributed by atoms with Gasteiger partial charge in [0, 0.05) is 30.8 Å². The lowest BCUT2D eigenvalue weighted by atomic mass is 9.48. The molecule has 2 aliphatic carbocycles. The van der Waals surface area contributed by atoms with E-state index in [4.69, 9.17) is 4.74 Å². The highest BCUT2D eigenvalue weighted by Gasteiger charge is 2.73. The van der Waals surface area contributed by atoms with E-state index in [1.807, 2.05) is 23.1 Å². The number of rotatable bonds is 7. The zero-order valence-corrected chi connectivity index (χ0v) is 23.5. The molecule has 6 rings (SSSR count). The number of piperidine rings is 1. The zero-order chi connectivity index (χ0) is 29.2. The Morgan fingerprint density at radius 3 is 2.66 bits per heavy atom. The summed E-state index contributed by atoms with van der Waals surface area (Å²) in [5.41, 5.74) is 0.513. The maximum atomic E-state index is 13.8. The van der Waals surface area contributed by atoms with Gasteiger partial charge in [0.1, 0.15) is 11.9 Å². The summed E-state index contributed by atoms with van der Waals surface area (Å²) in [6, 6.07) is 10.6. The summed E-state index contributed by atoms with van der Waals surface area (Å²) in [5, 5.41) is 12.6. The fraction of sp³-hybridized carbons (Fsp3) is 0.485. The highest BCUT2D eigenvalue weighted by molar-refractivity contribution is 5.92. The lowest BCUT2D eigenvalue weighted by Gasteiger charge is -2.64. The number of halogens is 3. The van der Waals surface area contributed by atoms with Gasteiger partial charge in [0.05, 0.1) is 22.6 Å². The average molecular weight is 567 g/mol. The van der Waals surface area contributed by atoms with Gasteiger partial charge < -0.3 is 14.7 Å². The Kier molecular flexibility index (Phi) is 6.85. The van der Waals surface area contributed by atoms with Crippen LogP contribution in [0.4, 0.5) is 13.2 Å². The van der Waals surface area contributed by atoms with Gasteiger partial charge >= 0.3 is 6.18 Å². The predicted octanol–water partition coefficient (Wildman–Crippen LogP) is 5.61. The fourth-order valence-corrected chi connectivity index (χ4v) is 8.11. The van der Waals surface area contributed by atoms with Crippen molar-refractivity contribution in [2.24, 2.45) is 5.92 Å². The van der Waals surface area contributed by atoms with Crippen LogP contribution in [0.1, 0.15) is 55.4 Å². The molecule has 5 atom stereocenters. The minimum Gasteiger partial charge on any atom is -0.487 e. The number of carbonyl (C=O) groups excluding carboxylic acids is 1. The maximum absolute atomic E-state index is 13.8. The predicted molar refractivity (Wildman–Crippen MR) is 151 cm³/mol. The van der Waals surface area contributed by atoms with Crippen LogP contribution in [-0.4, -0.2) is 64.2 Å². The van der Waals surface area contributed by atoms with E-state index in [-0.39, 0.29) is 23.9 Å². The molecule has 5 nitrogen and oxygen atoms in total. The van der Waals surface area contributed by atoms with Crippen LogP contribution in [-0.2, 0) is 22.8 Å². The second-order valence-electron chi connectivity index (χ2n) is 12.4. The van der Waals surface area contributed by atoms with Gasteiger partial charge in [-0.2, -0.15) is 13.2 Å². The van der Waals surface area contributed by atoms with Crippen LogP contribution in [0.2, 0.25) is 0 Å². The summed E-state index contributed by atoms with van der Waals surface area (Å²) >= 11 is 0. The van der Waals surface area contributed by atoms with E-state index in [0.717, 1.165) is 42.8 Å². The minimum absolute atomic E-state index is 0.0593. The van der Waals surface area contributed by atoms with Gasteiger partial charge in [0.15, 0.2) is 0 Å². The van der Waals surface area contributed by atoms with Crippen LogP contribution in [0.3, 0.4) is 0 Å². The third-order valence-electron chi connectivity index (χ3n) is 9.71. The molecule has 1 amide bonds. The third-order valence-corrected chi connectivity index (χ3v) is 9.71. The first-order valence-corrected chi connectivity index (χ1v) is 14.5. The number of likely N-dealkylation sites (tertiary alicyclic amines) is 1. The molecular formula is C33H37F3N2O3. The van der Waals surface area contributed by atoms with E-state index in [2.05, 4.69) is 31.4 Å². The van der Waals surface area contributed by atoms with Crippen LogP contribution in [0.5, 0.6) is 5.75 Å². The van der Waals surface area contributed by atoms with Crippen molar-refractivity contribution in [1.29, 1.82) is 0 Å². The van der Waals surface area contributed by atoms with Crippen molar-refractivity contribution in [3.8, 4) is 5.75 Å². The van der Waals surface area contributed by atoms with E-state index < -0.39 is 28.9 Å². The number of aliphatic hydroxyl groups is 1. The average Bonchev–Trinajstić information content (AvgIpc) is 3.27. The number of amides is 1. The first kappa shape index (κ1) is 28.0. The molecule has 1 saturated carbocycles. The van der Waals surface area contributed by atoms with Gasteiger partial charge in [-0.1, -0.05) is 44.2 Å².